The lowest BCUT2D eigenvalue weighted by molar-refractivity contribution is 0.0701. The number of benzene rings is 1. The Morgan fingerprint density at radius 3 is 2.88 bits per heavy atom. The number of H-pyrrole nitrogens is 1. The van der Waals surface area contributed by atoms with E-state index in [0.29, 0.717) is 17.4 Å². The molecule has 1 aliphatic heterocycles. The lowest BCUT2D eigenvalue weighted by atomic mass is 9.90. The maximum Gasteiger partial charge on any atom is 0.274 e. The molecule has 1 aliphatic rings. The number of furan rings is 1. The first-order chi connectivity index (χ1) is 11.8. The molecule has 24 heavy (non-hydrogen) atoms. The quantitative estimate of drug-likeness (QED) is 0.800. The van der Waals surface area contributed by atoms with Gasteiger partial charge in [-0.15, -0.1) is 0 Å². The molecule has 0 aliphatic carbocycles. The maximum atomic E-state index is 12.8. The molecular formula is C19H19N3O2. The van der Waals surface area contributed by atoms with Crippen molar-refractivity contribution in [3.63, 3.8) is 0 Å². The number of piperidine rings is 1. The lowest BCUT2D eigenvalue weighted by Crippen LogP contribution is -2.39. The Kier molecular flexibility index (Phi) is 3.91. The monoisotopic (exact) mass is 321 g/mol. The molecule has 0 spiro atoms. The second kappa shape index (κ2) is 6.35. The Morgan fingerprint density at radius 2 is 2.08 bits per heavy atom. The summed E-state index contributed by atoms with van der Waals surface area (Å²) >= 11 is 0. The first kappa shape index (κ1) is 14.8. The minimum Gasteiger partial charge on any atom is -0.463 e. The third-order valence-corrected chi connectivity index (χ3v) is 4.56. The van der Waals surface area contributed by atoms with E-state index in [0.717, 1.165) is 31.6 Å². The van der Waals surface area contributed by atoms with Crippen molar-refractivity contribution in [2.45, 2.75) is 18.8 Å². The average Bonchev–Trinajstić information content (AvgIpc) is 3.33. The number of rotatable bonds is 3. The van der Waals surface area contributed by atoms with Crippen LogP contribution in [0.3, 0.4) is 0 Å². The SMILES string of the molecule is O=C(c1cc(-c2ccco2)[nH]n1)N1CCCC(c2ccccc2)C1. The van der Waals surface area contributed by atoms with E-state index in [1.165, 1.54) is 5.56 Å². The van der Waals surface area contributed by atoms with Crippen molar-refractivity contribution >= 4 is 5.91 Å². The van der Waals surface area contributed by atoms with Crippen LogP contribution in [-0.4, -0.2) is 34.1 Å². The molecule has 3 heterocycles. The van der Waals surface area contributed by atoms with Crippen molar-refractivity contribution in [1.29, 1.82) is 0 Å². The summed E-state index contributed by atoms with van der Waals surface area (Å²) in [6, 6.07) is 15.8. The zero-order valence-electron chi connectivity index (χ0n) is 13.3. The number of carbonyl (C=O) groups excluding carboxylic acids is 1. The second-order valence-corrected chi connectivity index (χ2v) is 6.15. The minimum absolute atomic E-state index is 0.0234. The maximum absolute atomic E-state index is 12.8. The number of carbonyl (C=O) groups is 1. The van der Waals surface area contributed by atoms with Gasteiger partial charge in [-0.25, -0.2) is 0 Å². The summed E-state index contributed by atoms with van der Waals surface area (Å²) in [7, 11) is 0. The standard InChI is InChI=1S/C19H19N3O2/c23-19(17-12-16(20-21-17)18-9-5-11-24-18)22-10-4-8-15(13-22)14-6-2-1-3-7-14/h1-3,5-7,9,11-12,15H,4,8,10,13H2,(H,20,21). The van der Waals surface area contributed by atoms with Crippen molar-refractivity contribution in [2.24, 2.45) is 0 Å². The third kappa shape index (κ3) is 2.85. The first-order valence-corrected chi connectivity index (χ1v) is 8.25. The van der Waals surface area contributed by atoms with E-state index in [9.17, 15) is 4.79 Å². The van der Waals surface area contributed by atoms with Crippen LogP contribution in [0.15, 0.2) is 59.2 Å². The molecule has 0 radical (unpaired) electrons. The molecule has 3 aromatic rings. The van der Waals surface area contributed by atoms with Crippen LogP contribution in [0.25, 0.3) is 11.5 Å². The largest absolute Gasteiger partial charge is 0.463 e. The number of aromatic nitrogens is 2. The normalized spacial score (nSPS) is 17.8. The number of nitrogens with one attached hydrogen (secondary N) is 1. The average molecular weight is 321 g/mol. The van der Waals surface area contributed by atoms with Gasteiger partial charge in [0.15, 0.2) is 11.5 Å². The molecule has 1 N–H and O–H groups in total. The van der Waals surface area contributed by atoms with Crippen LogP contribution in [-0.2, 0) is 0 Å². The fourth-order valence-electron chi connectivity index (χ4n) is 3.31. The highest BCUT2D eigenvalue weighted by molar-refractivity contribution is 5.93. The third-order valence-electron chi connectivity index (χ3n) is 4.56. The molecule has 1 saturated heterocycles. The van der Waals surface area contributed by atoms with E-state index in [-0.39, 0.29) is 5.91 Å². The van der Waals surface area contributed by atoms with E-state index in [2.05, 4.69) is 34.5 Å². The van der Waals surface area contributed by atoms with E-state index in [4.69, 9.17) is 4.42 Å². The van der Waals surface area contributed by atoms with Crippen LogP contribution < -0.4 is 0 Å². The Morgan fingerprint density at radius 1 is 1.21 bits per heavy atom. The van der Waals surface area contributed by atoms with Gasteiger partial charge in [-0.2, -0.15) is 5.10 Å². The van der Waals surface area contributed by atoms with Crippen LogP contribution in [0.4, 0.5) is 0 Å². The fraction of sp³-hybridized carbons (Fsp3) is 0.263. The lowest BCUT2D eigenvalue weighted by Gasteiger charge is -2.32. The molecule has 2 aromatic heterocycles. The highest BCUT2D eigenvalue weighted by Gasteiger charge is 2.27. The topological polar surface area (TPSA) is 62.1 Å². The van der Waals surface area contributed by atoms with Crippen molar-refractivity contribution in [2.75, 3.05) is 13.1 Å². The van der Waals surface area contributed by atoms with Crippen LogP contribution in [0, 0.1) is 0 Å². The summed E-state index contributed by atoms with van der Waals surface area (Å²) < 4.78 is 5.34. The molecule has 0 bridgehead atoms. The van der Waals surface area contributed by atoms with Crippen molar-refractivity contribution in [3.8, 4) is 11.5 Å². The molecule has 1 fully saturated rings. The van der Waals surface area contributed by atoms with Gasteiger partial charge in [-0.1, -0.05) is 30.3 Å². The summed E-state index contributed by atoms with van der Waals surface area (Å²) in [4.78, 5) is 14.7. The van der Waals surface area contributed by atoms with Crippen LogP contribution in [0.2, 0.25) is 0 Å². The van der Waals surface area contributed by atoms with Crippen LogP contribution in [0.1, 0.15) is 34.8 Å². The van der Waals surface area contributed by atoms with E-state index >= 15 is 0 Å². The van der Waals surface area contributed by atoms with E-state index in [1.54, 1.807) is 12.3 Å². The molecule has 0 saturated carbocycles. The summed E-state index contributed by atoms with van der Waals surface area (Å²) in [5.74, 6) is 1.06. The second-order valence-electron chi connectivity index (χ2n) is 6.15. The van der Waals surface area contributed by atoms with E-state index < -0.39 is 0 Å². The molecular weight excluding hydrogens is 302 g/mol. The zero-order valence-corrected chi connectivity index (χ0v) is 13.3. The first-order valence-electron chi connectivity index (χ1n) is 8.25. The van der Waals surface area contributed by atoms with Gasteiger partial charge in [0, 0.05) is 25.1 Å². The highest BCUT2D eigenvalue weighted by Crippen LogP contribution is 2.28. The number of likely N-dealkylation sites (tertiary alicyclic amines) is 1. The molecule has 1 aromatic carbocycles. The Bertz CT molecular complexity index is 808. The Labute approximate surface area is 140 Å². The molecule has 4 rings (SSSR count). The van der Waals surface area contributed by atoms with Crippen molar-refractivity contribution < 1.29 is 9.21 Å². The van der Waals surface area contributed by atoms with Crippen molar-refractivity contribution in [1.82, 2.24) is 15.1 Å². The summed E-state index contributed by atoms with van der Waals surface area (Å²) in [6.07, 6.45) is 3.74. The molecule has 5 nitrogen and oxygen atoms in total. The van der Waals surface area contributed by atoms with Gasteiger partial charge in [0.2, 0.25) is 0 Å². The predicted molar refractivity (Wildman–Crippen MR) is 90.6 cm³/mol. The molecule has 1 atom stereocenters. The predicted octanol–water partition coefficient (Wildman–Crippen LogP) is 3.69. The van der Waals surface area contributed by atoms with Gasteiger partial charge < -0.3 is 9.32 Å². The summed E-state index contributed by atoms with van der Waals surface area (Å²) in [5.41, 5.74) is 2.46. The number of aromatic amines is 1. The number of nitrogens with zero attached hydrogens (tertiary/aromatic N) is 2. The van der Waals surface area contributed by atoms with Gasteiger partial charge in [0.1, 0.15) is 5.69 Å². The molecule has 1 unspecified atom stereocenters. The minimum atomic E-state index is -0.0234. The van der Waals surface area contributed by atoms with Gasteiger partial charge in [-0.05, 0) is 30.5 Å². The Hall–Kier alpha value is -2.82. The zero-order chi connectivity index (χ0) is 16.4. The number of amides is 1. The van der Waals surface area contributed by atoms with Gasteiger partial charge >= 0.3 is 0 Å². The summed E-state index contributed by atoms with van der Waals surface area (Å²) in [6.45, 7) is 1.52. The van der Waals surface area contributed by atoms with Gasteiger partial charge in [0.05, 0.1) is 6.26 Å². The number of hydrogen-bond donors (Lipinski definition) is 1. The van der Waals surface area contributed by atoms with Crippen LogP contribution >= 0.6 is 0 Å². The van der Waals surface area contributed by atoms with Gasteiger partial charge in [-0.3, -0.25) is 9.89 Å². The molecule has 122 valence electrons. The van der Waals surface area contributed by atoms with E-state index in [1.807, 2.05) is 23.1 Å². The van der Waals surface area contributed by atoms with Gasteiger partial charge in [0.25, 0.3) is 5.91 Å². The van der Waals surface area contributed by atoms with Crippen molar-refractivity contribution in [3.05, 3.63) is 66.1 Å². The smallest absolute Gasteiger partial charge is 0.274 e. The highest BCUT2D eigenvalue weighted by atomic mass is 16.3. The fourth-order valence-corrected chi connectivity index (χ4v) is 3.31. The molecule has 1 amide bonds. The number of hydrogen-bond acceptors (Lipinski definition) is 3. The molecule has 5 heteroatoms. The Balaban J connectivity index is 1.50. The summed E-state index contributed by atoms with van der Waals surface area (Å²) in [5, 5.41) is 7.05. The van der Waals surface area contributed by atoms with Crippen LogP contribution in [0.5, 0.6) is 0 Å².